The SMILES string of the molecule is CCn1cc(NC(=O)C(C)NC(=O)c2cccc([N+](=O)[O-])c2)ccc1=O. The Labute approximate surface area is 148 Å². The summed E-state index contributed by atoms with van der Waals surface area (Å²) < 4.78 is 1.43. The van der Waals surface area contributed by atoms with E-state index in [0.717, 1.165) is 6.07 Å². The van der Waals surface area contributed by atoms with Crippen LogP contribution < -0.4 is 16.2 Å². The average molecular weight is 358 g/mol. The maximum atomic E-state index is 12.2. The smallest absolute Gasteiger partial charge is 0.270 e. The molecule has 9 heteroatoms. The first kappa shape index (κ1) is 18.8. The fourth-order valence-electron chi connectivity index (χ4n) is 2.21. The van der Waals surface area contributed by atoms with Crippen LogP contribution in [0.3, 0.4) is 0 Å². The van der Waals surface area contributed by atoms with Crippen molar-refractivity contribution in [1.82, 2.24) is 9.88 Å². The number of aryl methyl sites for hydroxylation is 1. The van der Waals surface area contributed by atoms with Crippen molar-refractivity contribution in [2.75, 3.05) is 5.32 Å². The molecule has 9 nitrogen and oxygen atoms in total. The molecule has 26 heavy (non-hydrogen) atoms. The summed E-state index contributed by atoms with van der Waals surface area (Å²) in [5.41, 5.74) is 0.111. The molecule has 0 saturated heterocycles. The summed E-state index contributed by atoms with van der Waals surface area (Å²) in [4.78, 5) is 46.1. The van der Waals surface area contributed by atoms with Crippen LogP contribution in [0.1, 0.15) is 24.2 Å². The number of nitrogens with one attached hydrogen (secondary N) is 2. The Morgan fingerprint density at radius 2 is 2.00 bits per heavy atom. The van der Waals surface area contributed by atoms with Gasteiger partial charge in [0.15, 0.2) is 0 Å². The number of non-ortho nitro benzene ring substituents is 1. The van der Waals surface area contributed by atoms with Gasteiger partial charge in [0.05, 0.1) is 10.6 Å². The zero-order chi connectivity index (χ0) is 19.3. The first-order valence-corrected chi connectivity index (χ1v) is 7.88. The van der Waals surface area contributed by atoms with Crippen LogP contribution in [0.25, 0.3) is 0 Å². The van der Waals surface area contributed by atoms with E-state index in [1.54, 1.807) is 6.92 Å². The minimum Gasteiger partial charge on any atom is -0.341 e. The van der Waals surface area contributed by atoms with Gasteiger partial charge in [-0.2, -0.15) is 0 Å². The number of anilines is 1. The van der Waals surface area contributed by atoms with Gasteiger partial charge in [0, 0.05) is 36.5 Å². The Balaban J connectivity index is 2.04. The van der Waals surface area contributed by atoms with Crippen LogP contribution in [0, 0.1) is 10.1 Å². The van der Waals surface area contributed by atoms with Crippen LogP contribution in [-0.4, -0.2) is 27.3 Å². The number of nitro benzene ring substituents is 1. The van der Waals surface area contributed by atoms with Gasteiger partial charge in [-0.15, -0.1) is 0 Å². The first-order valence-electron chi connectivity index (χ1n) is 7.88. The van der Waals surface area contributed by atoms with E-state index in [1.807, 2.05) is 0 Å². The topological polar surface area (TPSA) is 123 Å². The highest BCUT2D eigenvalue weighted by Crippen LogP contribution is 2.13. The van der Waals surface area contributed by atoms with Crippen LogP contribution in [-0.2, 0) is 11.3 Å². The molecule has 1 aromatic heterocycles. The van der Waals surface area contributed by atoms with Crippen molar-refractivity contribution < 1.29 is 14.5 Å². The third-order valence-electron chi connectivity index (χ3n) is 3.65. The number of benzene rings is 1. The van der Waals surface area contributed by atoms with Crippen molar-refractivity contribution in [2.24, 2.45) is 0 Å². The highest BCUT2D eigenvalue weighted by atomic mass is 16.6. The molecule has 2 rings (SSSR count). The molecule has 2 amide bonds. The second-order valence-electron chi connectivity index (χ2n) is 5.53. The Kier molecular flexibility index (Phi) is 5.84. The van der Waals surface area contributed by atoms with Crippen molar-refractivity contribution in [3.8, 4) is 0 Å². The Hall–Kier alpha value is -3.49. The average Bonchev–Trinajstić information content (AvgIpc) is 2.63. The molecule has 0 bridgehead atoms. The van der Waals surface area contributed by atoms with Crippen molar-refractivity contribution in [1.29, 1.82) is 0 Å². The summed E-state index contributed by atoms with van der Waals surface area (Å²) in [6.07, 6.45) is 1.51. The fourth-order valence-corrected chi connectivity index (χ4v) is 2.21. The van der Waals surface area contributed by atoms with Gasteiger partial charge in [0.2, 0.25) is 5.91 Å². The van der Waals surface area contributed by atoms with E-state index < -0.39 is 22.8 Å². The number of carbonyl (C=O) groups is 2. The summed E-state index contributed by atoms with van der Waals surface area (Å²) in [6.45, 7) is 3.75. The third kappa shape index (κ3) is 4.53. The van der Waals surface area contributed by atoms with E-state index in [9.17, 15) is 24.5 Å². The summed E-state index contributed by atoms with van der Waals surface area (Å²) >= 11 is 0. The summed E-state index contributed by atoms with van der Waals surface area (Å²) in [5, 5.41) is 15.9. The molecule has 0 aliphatic heterocycles. The molecule has 136 valence electrons. The highest BCUT2D eigenvalue weighted by molar-refractivity contribution is 6.01. The van der Waals surface area contributed by atoms with Crippen molar-refractivity contribution in [2.45, 2.75) is 26.4 Å². The molecule has 2 aromatic rings. The number of carbonyl (C=O) groups excluding carboxylic acids is 2. The van der Waals surface area contributed by atoms with Gasteiger partial charge in [-0.05, 0) is 26.0 Å². The van der Waals surface area contributed by atoms with E-state index in [-0.39, 0.29) is 16.8 Å². The molecule has 0 aliphatic rings. The second kappa shape index (κ2) is 8.06. The lowest BCUT2D eigenvalue weighted by Crippen LogP contribution is -2.41. The third-order valence-corrected chi connectivity index (χ3v) is 3.65. The van der Waals surface area contributed by atoms with E-state index in [1.165, 1.54) is 48.0 Å². The standard InChI is InChI=1S/C17H18N4O5/c1-3-20-10-13(7-8-15(20)22)19-16(23)11(2)18-17(24)12-5-4-6-14(9-12)21(25)26/h4-11H,3H2,1-2H3,(H,18,24)(H,19,23). The van der Waals surface area contributed by atoms with Gasteiger partial charge < -0.3 is 15.2 Å². The number of amides is 2. The minimum atomic E-state index is -0.885. The van der Waals surface area contributed by atoms with E-state index in [4.69, 9.17) is 0 Å². The highest BCUT2D eigenvalue weighted by Gasteiger charge is 2.18. The maximum Gasteiger partial charge on any atom is 0.270 e. The molecule has 0 spiro atoms. The largest absolute Gasteiger partial charge is 0.341 e. The van der Waals surface area contributed by atoms with Crippen molar-refractivity contribution in [3.63, 3.8) is 0 Å². The molecule has 0 fully saturated rings. The van der Waals surface area contributed by atoms with Crippen molar-refractivity contribution in [3.05, 3.63) is 68.6 Å². The Bertz CT molecular complexity index is 906. The number of pyridine rings is 1. The Morgan fingerprint density at radius 3 is 2.65 bits per heavy atom. The van der Waals surface area contributed by atoms with Crippen molar-refractivity contribution >= 4 is 23.2 Å². The van der Waals surface area contributed by atoms with Crippen LogP contribution in [0.4, 0.5) is 11.4 Å². The van der Waals surface area contributed by atoms with Gasteiger partial charge in [-0.25, -0.2) is 0 Å². The molecule has 1 aromatic carbocycles. The van der Waals surface area contributed by atoms with E-state index >= 15 is 0 Å². The lowest BCUT2D eigenvalue weighted by Gasteiger charge is -2.15. The minimum absolute atomic E-state index is 0.0818. The predicted octanol–water partition coefficient (Wildman–Crippen LogP) is 1.53. The Morgan fingerprint density at radius 1 is 1.27 bits per heavy atom. The molecule has 0 saturated carbocycles. The van der Waals surface area contributed by atoms with Gasteiger partial charge in [-0.1, -0.05) is 6.07 Å². The number of hydrogen-bond acceptors (Lipinski definition) is 5. The number of aromatic nitrogens is 1. The van der Waals surface area contributed by atoms with Crippen LogP contribution in [0.5, 0.6) is 0 Å². The van der Waals surface area contributed by atoms with Crippen LogP contribution >= 0.6 is 0 Å². The molecular formula is C17H18N4O5. The maximum absolute atomic E-state index is 12.2. The predicted molar refractivity (Wildman–Crippen MR) is 95.0 cm³/mol. The molecule has 2 N–H and O–H groups in total. The monoisotopic (exact) mass is 358 g/mol. The zero-order valence-corrected chi connectivity index (χ0v) is 14.3. The van der Waals surface area contributed by atoms with E-state index in [2.05, 4.69) is 10.6 Å². The summed E-state index contributed by atoms with van der Waals surface area (Å²) in [7, 11) is 0. The number of nitrogens with zero attached hydrogens (tertiary/aromatic N) is 2. The first-order chi connectivity index (χ1) is 12.3. The molecule has 1 heterocycles. The van der Waals surface area contributed by atoms with Crippen LogP contribution in [0.2, 0.25) is 0 Å². The summed E-state index contributed by atoms with van der Waals surface area (Å²) in [6, 6.07) is 7.15. The molecule has 1 unspecified atom stereocenters. The van der Waals surface area contributed by atoms with Crippen LogP contribution in [0.15, 0.2) is 47.4 Å². The molecular weight excluding hydrogens is 340 g/mol. The zero-order valence-electron chi connectivity index (χ0n) is 14.3. The van der Waals surface area contributed by atoms with Gasteiger partial charge in [0.25, 0.3) is 17.2 Å². The number of hydrogen-bond donors (Lipinski definition) is 2. The summed E-state index contributed by atoms with van der Waals surface area (Å²) in [5.74, 6) is -1.08. The van der Waals surface area contributed by atoms with Gasteiger partial charge in [-0.3, -0.25) is 24.5 Å². The second-order valence-corrected chi connectivity index (χ2v) is 5.53. The normalized spacial score (nSPS) is 11.5. The van der Waals surface area contributed by atoms with Gasteiger partial charge >= 0.3 is 0 Å². The fraction of sp³-hybridized carbons (Fsp3) is 0.235. The van der Waals surface area contributed by atoms with Gasteiger partial charge in [0.1, 0.15) is 6.04 Å². The van der Waals surface area contributed by atoms with E-state index in [0.29, 0.717) is 12.2 Å². The molecule has 0 aliphatic carbocycles. The lowest BCUT2D eigenvalue weighted by atomic mass is 10.1. The number of rotatable bonds is 6. The molecule has 1 atom stereocenters. The lowest BCUT2D eigenvalue weighted by molar-refractivity contribution is -0.384. The molecule has 0 radical (unpaired) electrons. The quantitative estimate of drug-likeness (QED) is 0.599. The number of nitro groups is 1.